The Bertz CT molecular complexity index is 1240. The van der Waals surface area contributed by atoms with E-state index < -0.39 is 10.0 Å². The maximum absolute atomic E-state index is 12.7. The predicted molar refractivity (Wildman–Crippen MR) is 123 cm³/mol. The fourth-order valence-electron chi connectivity index (χ4n) is 3.00. The molecule has 3 rings (SSSR count). The molecule has 6 nitrogen and oxygen atoms in total. The van der Waals surface area contributed by atoms with Crippen LogP contribution in [0.3, 0.4) is 0 Å². The topological polar surface area (TPSA) is 72.3 Å². The molecule has 0 atom stereocenters. The molecule has 0 unspecified atom stereocenters. The average Bonchev–Trinajstić information content (AvgIpc) is 3.00. The zero-order valence-corrected chi connectivity index (χ0v) is 19.4. The highest BCUT2D eigenvalue weighted by Crippen LogP contribution is 2.23. The first-order valence-corrected chi connectivity index (χ1v) is 11.4. The van der Waals surface area contributed by atoms with Crippen molar-refractivity contribution >= 4 is 33.5 Å². The number of sulfonamides is 1. The molecule has 0 N–H and O–H groups in total. The third kappa shape index (κ3) is 5.12. The van der Waals surface area contributed by atoms with Crippen LogP contribution in [0.2, 0.25) is 5.15 Å². The van der Waals surface area contributed by atoms with Gasteiger partial charge in [-0.25, -0.2) is 17.4 Å². The monoisotopic (exact) mass is 457 g/mol. The van der Waals surface area contributed by atoms with Gasteiger partial charge in [-0.05, 0) is 43.7 Å². The molecule has 0 aliphatic carbocycles. The van der Waals surface area contributed by atoms with Gasteiger partial charge in [0.15, 0.2) is 5.78 Å². The number of rotatable bonds is 7. The maximum Gasteiger partial charge on any atom is 0.242 e. The number of ketones is 1. The Hall–Kier alpha value is -2.74. The Balaban J connectivity index is 1.83. The molecule has 3 aromatic rings. The van der Waals surface area contributed by atoms with Crippen molar-refractivity contribution in [1.29, 1.82) is 0 Å². The van der Waals surface area contributed by atoms with Crippen LogP contribution in [0.5, 0.6) is 0 Å². The Labute approximate surface area is 187 Å². The van der Waals surface area contributed by atoms with Crippen LogP contribution in [-0.4, -0.2) is 42.4 Å². The molecule has 0 radical (unpaired) electrons. The van der Waals surface area contributed by atoms with Gasteiger partial charge in [-0.2, -0.15) is 5.10 Å². The largest absolute Gasteiger partial charge is 0.289 e. The van der Waals surface area contributed by atoms with Gasteiger partial charge in [0, 0.05) is 25.2 Å². The number of aromatic nitrogens is 2. The van der Waals surface area contributed by atoms with E-state index in [1.54, 1.807) is 22.9 Å². The highest BCUT2D eigenvalue weighted by atomic mass is 35.5. The van der Waals surface area contributed by atoms with Crippen LogP contribution in [0.15, 0.2) is 59.5 Å². The number of nitrogens with zero attached hydrogens (tertiary/aromatic N) is 3. The molecule has 162 valence electrons. The van der Waals surface area contributed by atoms with Crippen LogP contribution in [-0.2, 0) is 16.6 Å². The van der Waals surface area contributed by atoms with E-state index in [1.165, 1.54) is 37.9 Å². The van der Waals surface area contributed by atoms with Gasteiger partial charge in [0.05, 0.1) is 17.1 Å². The zero-order valence-electron chi connectivity index (χ0n) is 17.8. The first-order chi connectivity index (χ1) is 14.6. The highest BCUT2D eigenvalue weighted by molar-refractivity contribution is 7.89. The second kappa shape index (κ2) is 9.18. The van der Waals surface area contributed by atoms with Gasteiger partial charge in [0.1, 0.15) is 5.15 Å². The molecule has 0 bridgehead atoms. The van der Waals surface area contributed by atoms with Crippen LogP contribution in [0.4, 0.5) is 0 Å². The van der Waals surface area contributed by atoms with E-state index in [9.17, 15) is 13.2 Å². The molecule has 31 heavy (non-hydrogen) atoms. The van der Waals surface area contributed by atoms with Gasteiger partial charge >= 0.3 is 0 Å². The summed E-state index contributed by atoms with van der Waals surface area (Å²) in [7, 11) is -0.726. The van der Waals surface area contributed by atoms with Crippen molar-refractivity contribution in [3.8, 4) is 0 Å². The summed E-state index contributed by atoms with van der Waals surface area (Å²) < 4.78 is 27.4. The van der Waals surface area contributed by atoms with E-state index in [4.69, 9.17) is 11.6 Å². The van der Waals surface area contributed by atoms with Crippen molar-refractivity contribution in [3.63, 3.8) is 0 Å². The number of hydrogen-bond acceptors (Lipinski definition) is 4. The maximum atomic E-state index is 12.7. The third-order valence-electron chi connectivity index (χ3n) is 4.86. The zero-order chi connectivity index (χ0) is 22.8. The normalized spacial score (nSPS) is 12.1. The summed E-state index contributed by atoms with van der Waals surface area (Å²) >= 11 is 6.51. The van der Waals surface area contributed by atoms with Gasteiger partial charge in [-0.15, -0.1) is 0 Å². The minimum absolute atomic E-state index is 0.0666. The number of allylic oxidation sites excluding steroid dienone is 1. The number of carbonyl (C=O) groups is 1. The Morgan fingerprint density at radius 3 is 2.45 bits per heavy atom. The van der Waals surface area contributed by atoms with Gasteiger partial charge < -0.3 is 0 Å². The van der Waals surface area contributed by atoms with Crippen LogP contribution in [0, 0.1) is 13.8 Å². The smallest absolute Gasteiger partial charge is 0.242 e. The van der Waals surface area contributed by atoms with Crippen LogP contribution in [0.1, 0.15) is 32.7 Å². The Morgan fingerprint density at radius 1 is 1.13 bits per heavy atom. The second-order valence-electron chi connectivity index (χ2n) is 7.45. The molecule has 8 heteroatoms. The minimum Gasteiger partial charge on any atom is -0.289 e. The first kappa shape index (κ1) is 22.9. The fraction of sp³-hybridized carbons (Fsp3) is 0.217. The predicted octanol–water partition coefficient (Wildman–Crippen LogP) is 4.35. The van der Waals surface area contributed by atoms with Gasteiger partial charge in [0.2, 0.25) is 10.0 Å². The molecule has 0 saturated carbocycles. The van der Waals surface area contributed by atoms with Crippen molar-refractivity contribution in [2.45, 2.75) is 25.3 Å². The van der Waals surface area contributed by atoms with Crippen LogP contribution in [0.25, 0.3) is 6.08 Å². The highest BCUT2D eigenvalue weighted by Gasteiger charge is 2.18. The molecule has 0 aliphatic heterocycles. The molecule has 0 spiro atoms. The van der Waals surface area contributed by atoms with E-state index in [-0.39, 0.29) is 16.2 Å². The van der Waals surface area contributed by atoms with E-state index in [0.717, 1.165) is 9.87 Å². The van der Waals surface area contributed by atoms with E-state index in [2.05, 4.69) is 5.10 Å². The van der Waals surface area contributed by atoms with Crippen molar-refractivity contribution in [3.05, 3.63) is 87.7 Å². The molecule has 1 heterocycles. The first-order valence-electron chi connectivity index (χ1n) is 9.63. The second-order valence-corrected chi connectivity index (χ2v) is 9.96. The lowest BCUT2D eigenvalue weighted by Crippen LogP contribution is -2.22. The summed E-state index contributed by atoms with van der Waals surface area (Å²) in [5.41, 5.74) is 3.88. The Kier molecular flexibility index (Phi) is 6.79. The molecular formula is C23H24ClN3O3S. The van der Waals surface area contributed by atoms with Crippen LogP contribution >= 0.6 is 11.6 Å². The molecular weight excluding hydrogens is 434 g/mol. The van der Waals surface area contributed by atoms with Crippen molar-refractivity contribution in [2.75, 3.05) is 14.1 Å². The summed E-state index contributed by atoms with van der Waals surface area (Å²) in [6, 6.07) is 14.1. The summed E-state index contributed by atoms with van der Waals surface area (Å²) in [6.07, 6.45) is 3.00. The molecule has 1 aromatic heterocycles. The Morgan fingerprint density at radius 2 is 1.81 bits per heavy atom. The summed E-state index contributed by atoms with van der Waals surface area (Å²) in [5.74, 6) is -0.322. The molecule has 0 saturated heterocycles. The van der Waals surface area contributed by atoms with E-state index in [0.29, 0.717) is 23.0 Å². The van der Waals surface area contributed by atoms with E-state index >= 15 is 0 Å². The summed E-state index contributed by atoms with van der Waals surface area (Å²) in [5, 5.41) is 4.92. The SMILES string of the molecule is Cc1ccc(Cn2nc(C)c(/C=C/C(=O)c3cccc(S(=O)(=O)N(C)C)c3)c2Cl)cc1. The number of benzene rings is 2. The lowest BCUT2D eigenvalue weighted by atomic mass is 10.1. The van der Waals surface area contributed by atoms with Gasteiger partial charge in [-0.3, -0.25) is 4.79 Å². The number of aryl methyl sites for hydroxylation is 2. The van der Waals surface area contributed by atoms with Crippen molar-refractivity contribution in [1.82, 2.24) is 14.1 Å². The lowest BCUT2D eigenvalue weighted by Gasteiger charge is -2.11. The van der Waals surface area contributed by atoms with Gasteiger partial charge in [-0.1, -0.05) is 53.6 Å². The molecule has 0 fully saturated rings. The molecule has 2 aromatic carbocycles. The van der Waals surface area contributed by atoms with Gasteiger partial charge in [0.25, 0.3) is 0 Å². The quantitative estimate of drug-likeness (QED) is 0.390. The number of hydrogen-bond donors (Lipinski definition) is 0. The lowest BCUT2D eigenvalue weighted by molar-refractivity contribution is 0.104. The summed E-state index contributed by atoms with van der Waals surface area (Å²) in [6.45, 7) is 4.37. The van der Waals surface area contributed by atoms with Crippen molar-refractivity contribution < 1.29 is 13.2 Å². The average molecular weight is 458 g/mol. The third-order valence-corrected chi connectivity index (χ3v) is 7.07. The minimum atomic E-state index is -3.62. The van der Waals surface area contributed by atoms with E-state index in [1.807, 2.05) is 38.1 Å². The number of carbonyl (C=O) groups excluding carboxylic acids is 1. The fourth-order valence-corrected chi connectivity index (χ4v) is 4.25. The molecule has 0 aliphatic rings. The molecule has 0 amide bonds. The summed E-state index contributed by atoms with van der Waals surface area (Å²) in [4.78, 5) is 12.7. The standard InChI is InChI=1S/C23H24ClN3O3S/c1-16-8-10-18(11-9-16)15-27-23(24)21(17(2)25-27)12-13-22(28)19-6-5-7-20(14-19)31(29,30)26(3)4/h5-14H,15H2,1-4H3/b13-12+. The van der Waals surface area contributed by atoms with Crippen LogP contribution < -0.4 is 0 Å². The number of halogens is 1. The van der Waals surface area contributed by atoms with Crippen molar-refractivity contribution in [2.24, 2.45) is 0 Å².